The number of hydrogen-bond acceptors (Lipinski definition) is 1. The van der Waals surface area contributed by atoms with E-state index in [1.165, 1.54) is 17.9 Å². The van der Waals surface area contributed by atoms with Gasteiger partial charge in [0.2, 0.25) is 0 Å². The van der Waals surface area contributed by atoms with Crippen molar-refractivity contribution in [1.82, 2.24) is 0 Å². The molecule has 1 saturated heterocycles. The molecule has 7 heavy (non-hydrogen) atoms. The second kappa shape index (κ2) is 2.41. The third-order valence-corrected chi connectivity index (χ3v) is 2.33. The van der Waals surface area contributed by atoms with Gasteiger partial charge >= 0.3 is 0 Å². The fraction of sp³-hybridized carbons (Fsp3) is 0.667. The van der Waals surface area contributed by atoms with Crippen LogP contribution >= 0.6 is 11.8 Å². The molecule has 0 aliphatic carbocycles. The van der Waals surface area contributed by atoms with Crippen LogP contribution in [-0.2, 0) is 0 Å². The summed E-state index contributed by atoms with van der Waals surface area (Å²) in [4.78, 5) is 0. The van der Waals surface area contributed by atoms with E-state index in [2.05, 4.69) is 13.0 Å². The predicted octanol–water partition coefficient (Wildman–Crippen LogP) is 2.07. The Labute approximate surface area is 49.0 Å². The molecule has 0 nitrogen and oxygen atoms in total. The van der Waals surface area contributed by atoms with Crippen molar-refractivity contribution < 1.29 is 0 Å². The SMILES string of the molecule is CC=C1CCSC1. The molecule has 0 spiro atoms. The lowest BCUT2D eigenvalue weighted by Gasteiger charge is -1.84. The summed E-state index contributed by atoms with van der Waals surface area (Å²) < 4.78 is 0. The van der Waals surface area contributed by atoms with Crippen LogP contribution < -0.4 is 0 Å². The molecule has 1 heterocycles. The van der Waals surface area contributed by atoms with Gasteiger partial charge in [0, 0.05) is 5.75 Å². The number of hydrogen-bond donors (Lipinski definition) is 0. The molecule has 0 unspecified atom stereocenters. The normalized spacial score (nSPS) is 26.7. The highest BCUT2D eigenvalue weighted by molar-refractivity contribution is 7.99. The molecule has 1 heteroatoms. The topological polar surface area (TPSA) is 0 Å². The quantitative estimate of drug-likeness (QED) is 0.434. The van der Waals surface area contributed by atoms with Crippen molar-refractivity contribution in [2.24, 2.45) is 0 Å². The zero-order valence-electron chi connectivity index (χ0n) is 4.61. The molecule has 0 amide bonds. The maximum atomic E-state index is 2.24. The van der Waals surface area contributed by atoms with E-state index in [0.29, 0.717) is 0 Å². The molecule has 0 aromatic heterocycles. The van der Waals surface area contributed by atoms with Gasteiger partial charge in [-0.3, -0.25) is 0 Å². The summed E-state index contributed by atoms with van der Waals surface area (Å²) >= 11 is 2.04. The molecule has 1 rings (SSSR count). The van der Waals surface area contributed by atoms with Crippen molar-refractivity contribution in [2.75, 3.05) is 11.5 Å². The average molecular weight is 114 g/mol. The standard InChI is InChI=1S/C6H10S/c1-2-6-3-4-7-5-6/h2H,3-5H2,1H3. The summed E-state index contributed by atoms with van der Waals surface area (Å²) in [6, 6.07) is 0. The highest BCUT2D eigenvalue weighted by Crippen LogP contribution is 2.21. The second-order valence-electron chi connectivity index (χ2n) is 1.75. The summed E-state index contributed by atoms with van der Waals surface area (Å²) in [5.74, 6) is 2.64. The lowest BCUT2D eigenvalue weighted by atomic mass is 10.2. The van der Waals surface area contributed by atoms with Crippen LogP contribution in [0.2, 0.25) is 0 Å². The van der Waals surface area contributed by atoms with Crippen LogP contribution in [0.15, 0.2) is 11.6 Å². The minimum atomic E-state index is 1.29. The van der Waals surface area contributed by atoms with Crippen molar-refractivity contribution in [2.45, 2.75) is 13.3 Å². The Bertz CT molecular complexity index is 76.2. The van der Waals surface area contributed by atoms with Crippen molar-refractivity contribution >= 4 is 11.8 Å². The van der Waals surface area contributed by atoms with Crippen LogP contribution in [0, 0.1) is 0 Å². The molecule has 0 aromatic rings. The van der Waals surface area contributed by atoms with E-state index in [4.69, 9.17) is 0 Å². The molecule has 0 atom stereocenters. The van der Waals surface area contributed by atoms with Crippen molar-refractivity contribution in [3.05, 3.63) is 11.6 Å². The lowest BCUT2D eigenvalue weighted by Crippen LogP contribution is -1.72. The van der Waals surface area contributed by atoms with Gasteiger partial charge in [0.1, 0.15) is 0 Å². The van der Waals surface area contributed by atoms with Crippen molar-refractivity contribution in [3.63, 3.8) is 0 Å². The van der Waals surface area contributed by atoms with Gasteiger partial charge in [0.15, 0.2) is 0 Å². The van der Waals surface area contributed by atoms with Crippen LogP contribution in [0.4, 0.5) is 0 Å². The van der Waals surface area contributed by atoms with Gasteiger partial charge in [-0.05, 0) is 19.1 Å². The first-order chi connectivity index (χ1) is 3.43. The van der Waals surface area contributed by atoms with Gasteiger partial charge < -0.3 is 0 Å². The van der Waals surface area contributed by atoms with E-state index >= 15 is 0 Å². The van der Waals surface area contributed by atoms with E-state index in [1.807, 2.05) is 11.8 Å². The number of rotatable bonds is 0. The first-order valence-corrected chi connectivity index (χ1v) is 3.81. The molecule has 1 aliphatic rings. The van der Waals surface area contributed by atoms with Crippen molar-refractivity contribution in [1.29, 1.82) is 0 Å². The third-order valence-electron chi connectivity index (χ3n) is 1.26. The molecule has 1 fully saturated rings. The summed E-state index contributed by atoms with van der Waals surface area (Å²) in [6.45, 7) is 2.13. The Morgan fingerprint density at radius 2 is 2.57 bits per heavy atom. The molecule has 0 saturated carbocycles. The predicted molar refractivity (Wildman–Crippen MR) is 35.7 cm³/mol. The summed E-state index contributed by atoms with van der Waals surface area (Å²) in [5, 5.41) is 0. The zero-order chi connectivity index (χ0) is 5.11. The second-order valence-corrected chi connectivity index (χ2v) is 2.85. The molecule has 0 bridgehead atoms. The average Bonchev–Trinajstić information content (AvgIpc) is 2.14. The molecule has 0 radical (unpaired) electrons. The maximum Gasteiger partial charge on any atom is 0.0143 e. The maximum absolute atomic E-state index is 2.24. The van der Waals surface area contributed by atoms with Gasteiger partial charge in [-0.2, -0.15) is 11.8 Å². The Kier molecular flexibility index (Phi) is 1.80. The van der Waals surface area contributed by atoms with Gasteiger partial charge in [-0.1, -0.05) is 11.6 Å². The highest BCUT2D eigenvalue weighted by Gasteiger charge is 2.03. The minimum Gasteiger partial charge on any atom is -0.157 e. The Morgan fingerprint density at radius 3 is 2.86 bits per heavy atom. The largest absolute Gasteiger partial charge is 0.157 e. The Morgan fingerprint density at radius 1 is 1.71 bits per heavy atom. The first kappa shape index (κ1) is 5.23. The van der Waals surface area contributed by atoms with E-state index in [-0.39, 0.29) is 0 Å². The third kappa shape index (κ3) is 1.23. The molecular weight excluding hydrogens is 104 g/mol. The van der Waals surface area contributed by atoms with Crippen LogP contribution in [-0.4, -0.2) is 11.5 Å². The monoisotopic (exact) mass is 114 g/mol. The van der Waals surface area contributed by atoms with Crippen LogP contribution in [0.5, 0.6) is 0 Å². The van der Waals surface area contributed by atoms with E-state index < -0.39 is 0 Å². The van der Waals surface area contributed by atoms with E-state index in [9.17, 15) is 0 Å². The van der Waals surface area contributed by atoms with Crippen LogP contribution in [0.1, 0.15) is 13.3 Å². The highest BCUT2D eigenvalue weighted by atomic mass is 32.2. The molecule has 1 aliphatic heterocycles. The molecular formula is C6H10S. The Hall–Kier alpha value is 0.0900. The van der Waals surface area contributed by atoms with Gasteiger partial charge in [-0.15, -0.1) is 0 Å². The van der Waals surface area contributed by atoms with Crippen LogP contribution in [0.3, 0.4) is 0 Å². The van der Waals surface area contributed by atoms with Gasteiger partial charge in [0.05, 0.1) is 0 Å². The van der Waals surface area contributed by atoms with Crippen LogP contribution in [0.25, 0.3) is 0 Å². The number of allylic oxidation sites excluding steroid dienone is 1. The molecule has 0 aromatic carbocycles. The zero-order valence-corrected chi connectivity index (χ0v) is 5.42. The molecule has 0 N–H and O–H groups in total. The van der Waals surface area contributed by atoms with E-state index in [1.54, 1.807) is 5.57 Å². The summed E-state index contributed by atoms with van der Waals surface area (Å²) in [5.41, 5.74) is 1.63. The summed E-state index contributed by atoms with van der Waals surface area (Å²) in [6.07, 6.45) is 3.57. The molecule has 40 valence electrons. The summed E-state index contributed by atoms with van der Waals surface area (Å²) in [7, 11) is 0. The fourth-order valence-corrected chi connectivity index (χ4v) is 1.83. The smallest absolute Gasteiger partial charge is 0.0143 e. The fourth-order valence-electron chi connectivity index (χ4n) is 0.706. The van der Waals surface area contributed by atoms with E-state index in [0.717, 1.165) is 0 Å². The van der Waals surface area contributed by atoms with Gasteiger partial charge in [-0.25, -0.2) is 0 Å². The first-order valence-electron chi connectivity index (χ1n) is 2.65. The van der Waals surface area contributed by atoms with Crippen molar-refractivity contribution in [3.8, 4) is 0 Å². The van der Waals surface area contributed by atoms with Gasteiger partial charge in [0.25, 0.3) is 0 Å². The Balaban J connectivity index is 2.41. The minimum absolute atomic E-state index is 1.29. The lowest BCUT2D eigenvalue weighted by molar-refractivity contribution is 1.16. The number of thioether (sulfide) groups is 1.